The van der Waals surface area contributed by atoms with Crippen LogP contribution in [0.3, 0.4) is 0 Å². The molecule has 2 atom stereocenters. The molecular formula is C40H40O10. The van der Waals surface area contributed by atoms with Gasteiger partial charge in [0.1, 0.15) is 5.76 Å². The van der Waals surface area contributed by atoms with Crippen molar-refractivity contribution in [3.05, 3.63) is 101 Å². The maximum atomic E-state index is 15.3. The molecule has 6 rings (SSSR count). The lowest BCUT2D eigenvalue weighted by Crippen LogP contribution is -2.45. The van der Waals surface area contributed by atoms with Crippen molar-refractivity contribution < 1.29 is 47.4 Å². The molecule has 0 radical (unpaired) electrons. The van der Waals surface area contributed by atoms with E-state index in [4.69, 9.17) is 42.6 Å². The summed E-state index contributed by atoms with van der Waals surface area (Å²) in [4.78, 5) is 15.3. The Labute approximate surface area is 291 Å². The molecule has 0 saturated heterocycles. The highest BCUT2D eigenvalue weighted by Gasteiger charge is 2.55. The van der Waals surface area contributed by atoms with Crippen LogP contribution in [0, 0.1) is 0 Å². The first-order valence-electron chi connectivity index (χ1n) is 15.8. The number of carbonyl (C=O) groups excluding carboxylic acids is 1. The molecule has 2 unspecified atom stereocenters. The zero-order chi connectivity index (χ0) is 35.7. The predicted octanol–water partition coefficient (Wildman–Crippen LogP) is 7.56. The minimum atomic E-state index is -1.33. The lowest BCUT2D eigenvalue weighted by atomic mass is 9.63. The molecule has 50 heavy (non-hydrogen) atoms. The summed E-state index contributed by atoms with van der Waals surface area (Å²) >= 11 is 0. The Morgan fingerprint density at radius 1 is 0.640 bits per heavy atom. The first kappa shape index (κ1) is 34.1. The molecule has 10 nitrogen and oxygen atoms in total. The summed E-state index contributed by atoms with van der Waals surface area (Å²) in [5, 5.41) is 0. The number of hydrogen-bond acceptors (Lipinski definition) is 10. The molecule has 0 amide bonds. The van der Waals surface area contributed by atoms with Crippen molar-refractivity contribution in [3.63, 3.8) is 0 Å². The minimum absolute atomic E-state index is 0.221. The summed E-state index contributed by atoms with van der Waals surface area (Å²) in [5.41, 5.74) is 3.44. The third kappa shape index (κ3) is 5.50. The Kier molecular flexibility index (Phi) is 9.29. The first-order valence-corrected chi connectivity index (χ1v) is 15.8. The molecule has 0 saturated carbocycles. The van der Waals surface area contributed by atoms with Crippen molar-refractivity contribution in [3.8, 4) is 46.0 Å². The highest BCUT2D eigenvalue weighted by Crippen LogP contribution is 2.60. The van der Waals surface area contributed by atoms with Gasteiger partial charge in [0.15, 0.2) is 57.4 Å². The fraction of sp³-hybridized carbons (Fsp3) is 0.275. The molecule has 10 heteroatoms. The highest BCUT2D eigenvalue weighted by molar-refractivity contribution is 6.05. The molecule has 1 spiro atoms. The van der Waals surface area contributed by atoms with Gasteiger partial charge in [-0.15, -0.1) is 0 Å². The number of methoxy groups -OCH3 is 8. The third-order valence-corrected chi connectivity index (χ3v) is 9.38. The maximum Gasteiger partial charge on any atom is 0.174 e. The Bertz CT molecular complexity index is 2010. The van der Waals surface area contributed by atoms with Crippen molar-refractivity contribution >= 4 is 23.2 Å². The van der Waals surface area contributed by atoms with Gasteiger partial charge >= 0.3 is 0 Å². The van der Waals surface area contributed by atoms with Crippen LogP contribution in [0.1, 0.15) is 50.5 Å². The van der Waals surface area contributed by atoms with Crippen LogP contribution in [0.25, 0.3) is 17.4 Å². The zero-order valence-corrected chi connectivity index (χ0v) is 29.4. The monoisotopic (exact) mass is 680 g/mol. The minimum Gasteiger partial charge on any atom is -0.493 e. The molecule has 4 aromatic rings. The number of ether oxygens (including phenoxy) is 9. The van der Waals surface area contributed by atoms with E-state index in [1.165, 1.54) is 7.11 Å². The van der Waals surface area contributed by atoms with Crippen LogP contribution >= 0.6 is 0 Å². The SMILES string of the molecule is C=C1CC2(OC(c3ccc(OC)c(OC)c3)=Cc3cc(OC)c(OC)cc32)C(C(=O)c2ccc(OC)c(OC)c2)c2cc(OC)c(OC)cc21. The number of benzene rings is 4. The van der Waals surface area contributed by atoms with Crippen LogP contribution < -0.4 is 37.9 Å². The van der Waals surface area contributed by atoms with E-state index in [1.54, 1.807) is 68.0 Å². The van der Waals surface area contributed by atoms with Crippen molar-refractivity contribution in [2.45, 2.75) is 17.9 Å². The van der Waals surface area contributed by atoms with Crippen LogP contribution in [0.4, 0.5) is 0 Å². The van der Waals surface area contributed by atoms with Gasteiger partial charge in [0.25, 0.3) is 0 Å². The standard InChI is InChI=1S/C40H40O10/c1-22-21-40(28-20-37(49-9)34(46-6)17-25(28)16-31(50-40)23-10-12-29(42-2)32(14-23)44-4)38(27-19-36(48-8)35(47-7)18-26(22)27)39(41)24-11-13-30(43-3)33(15-24)45-5/h10-20,38H,1,21H2,2-9H3. The summed E-state index contributed by atoms with van der Waals surface area (Å²) < 4.78 is 52.5. The normalized spacial score (nSPS) is 17.4. The Morgan fingerprint density at radius 2 is 1.16 bits per heavy atom. The quantitative estimate of drug-likeness (QED) is 0.148. The van der Waals surface area contributed by atoms with E-state index in [2.05, 4.69) is 6.58 Å². The summed E-state index contributed by atoms with van der Waals surface area (Å²) in [6.07, 6.45) is 2.17. The fourth-order valence-corrected chi connectivity index (χ4v) is 6.99. The van der Waals surface area contributed by atoms with Gasteiger partial charge in [0, 0.05) is 23.1 Å². The molecule has 1 aliphatic carbocycles. The molecule has 0 aromatic heterocycles. The second kappa shape index (κ2) is 13.6. The van der Waals surface area contributed by atoms with Gasteiger partial charge in [-0.2, -0.15) is 0 Å². The van der Waals surface area contributed by atoms with E-state index in [0.29, 0.717) is 68.4 Å². The number of rotatable bonds is 11. The maximum absolute atomic E-state index is 15.3. The number of carbonyl (C=O) groups is 1. The highest BCUT2D eigenvalue weighted by atomic mass is 16.5. The summed E-state index contributed by atoms with van der Waals surface area (Å²) in [7, 11) is 12.5. The van der Waals surface area contributed by atoms with Crippen molar-refractivity contribution in [2.24, 2.45) is 0 Å². The van der Waals surface area contributed by atoms with E-state index in [1.807, 2.05) is 48.5 Å². The first-order chi connectivity index (χ1) is 24.2. The Balaban J connectivity index is 1.68. The molecule has 1 heterocycles. The number of Topliss-reactive ketones (excluding diaryl/α,β-unsaturated/α-hetero) is 1. The van der Waals surface area contributed by atoms with E-state index in [9.17, 15) is 0 Å². The second-order valence-electron chi connectivity index (χ2n) is 11.8. The van der Waals surface area contributed by atoms with Crippen LogP contribution in [-0.2, 0) is 10.3 Å². The number of fused-ring (bicyclic) bond motifs is 3. The van der Waals surface area contributed by atoms with Crippen LogP contribution in [-0.4, -0.2) is 62.7 Å². The van der Waals surface area contributed by atoms with Gasteiger partial charge in [-0.25, -0.2) is 0 Å². The van der Waals surface area contributed by atoms with Gasteiger partial charge in [-0.3, -0.25) is 4.79 Å². The molecule has 0 bridgehead atoms. The van der Waals surface area contributed by atoms with Crippen LogP contribution in [0.5, 0.6) is 46.0 Å². The molecule has 2 aliphatic rings. The van der Waals surface area contributed by atoms with E-state index < -0.39 is 11.5 Å². The van der Waals surface area contributed by atoms with E-state index >= 15 is 4.79 Å². The zero-order valence-electron chi connectivity index (χ0n) is 29.4. The second-order valence-corrected chi connectivity index (χ2v) is 11.8. The Hall–Kier alpha value is -5.77. The van der Waals surface area contributed by atoms with Crippen molar-refractivity contribution in [1.82, 2.24) is 0 Å². The van der Waals surface area contributed by atoms with Gasteiger partial charge in [-0.1, -0.05) is 6.58 Å². The summed E-state index contributed by atoms with van der Waals surface area (Å²) in [6.45, 7) is 4.51. The van der Waals surface area contributed by atoms with Crippen LogP contribution in [0.2, 0.25) is 0 Å². The molecule has 4 aromatic carbocycles. The van der Waals surface area contributed by atoms with Crippen molar-refractivity contribution in [2.75, 3.05) is 56.9 Å². The smallest absolute Gasteiger partial charge is 0.174 e. The molecule has 0 fully saturated rings. The average molecular weight is 681 g/mol. The molecule has 1 aliphatic heterocycles. The van der Waals surface area contributed by atoms with E-state index in [0.717, 1.165) is 22.3 Å². The molecule has 260 valence electrons. The lowest BCUT2D eigenvalue weighted by Gasteiger charge is -2.48. The fourth-order valence-electron chi connectivity index (χ4n) is 6.99. The largest absolute Gasteiger partial charge is 0.493 e. The van der Waals surface area contributed by atoms with Gasteiger partial charge < -0.3 is 42.6 Å². The van der Waals surface area contributed by atoms with Gasteiger partial charge in [-0.05, 0) is 89.0 Å². The molecule has 0 N–H and O–H groups in total. The van der Waals surface area contributed by atoms with Gasteiger partial charge in [0.05, 0.1) is 62.8 Å². The summed E-state index contributed by atoms with van der Waals surface area (Å²) in [5.74, 6) is 3.35. The Morgan fingerprint density at radius 3 is 1.78 bits per heavy atom. The summed E-state index contributed by atoms with van der Waals surface area (Å²) in [6, 6.07) is 18.1. The third-order valence-electron chi connectivity index (χ3n) is 9.38. The number of ketones is 1. The van der Waals surface area contributed by atoms with Crippen molar-refractivity contribution in [1.29, 1.82) is 0 Å². The topological polar surface area (TPSA) is 100 Å². The van der Waals surface area contributed by atoms with Crippen LogP contribution in [0.15, 0.2) is 67.2 Å². The lowest BCUT2D eigenvalue weighted by molar-refractivity contribution is 0.00938. The van der Waals surface area contributed by atoms with E-state index in [-0.39, 0.29) is 12.2 Å². The average Bonchev–Trinajstić information content (AvgIpc) is 3.15. The predicted molar refractivity (Wildman–Crippen MR) is 190 cm³/mol. The van der Waals surface area contributed by atoms with Gasteiger partial charge in [0.2, 0.25) is 0 Å². The number of hydrogen-bond donors (Lipinski definition) is 0. The molecular weight excluding hydrogens is 640 g/mol.